The Labute approximate surface area is 120 Å². The van der Waals surface area contributed by atoms with E-state index in [9.17, 15) is 4.39 Å². The van der Waals surface area contributed by atoms with E-state index < -0.39 is 0 Å². The first kappa shape index (κ1) is 13.6. The fraction of sp³-hybridized carbons (Fsp3) is 0.200. The van der Waals surface area contributed by atoms with Crippen molar-refractivity contribution in [2.75, 3.05) is 0 Å². The molecule has 94 valence electrons. The van der Waals surface area contributed by atoms with E-state index in [4.69, 9.17) is 11.6 Å². The second kappa shape index (κ2) is 5.85. The molecule has 0 bridgehead atoms. The van der Waals surface area contributed by atoms with E-state index in [1.807, 2.05) is 6.07 Å². The maximum atomic E-state index is 13.4. The molecule has 0 aliphatic heterocycles. The Morgan fingerprint density at radius 3 is 2.28 bits per heavy atom. The van der Waals surface area contributed by atoms with Crippen molar-refractivity contribution in [3.05, 3.63) is 70.0 Å². The average molecular weight is 328 g/mol. The third-order valence-electron chi connectivity index (χ3n) is 2.92. The molecule has 2 aromatic carbocycles. The van der Waals surface area contributed by atoms with Crippen molar-refractivity contribution in [3.8, 4) is 0 Å². The maximum Gasteiger partial charge on any atom is 0.142 e. The zero-order chi connectivity index (χ0) is 13.1. The van der Waals surface area contributed by atoms with Crippen LogP contribution >= 0.6 is 27.5 Å². The summed E-state index contributed by atoms with van der Waals surface area (Å²) in [4.78, 5) is -0.0184. The van der Waals surface area contributed by atoms with Gasteiger partial charge in [-0.15, -0.1) is 0 Å². The van der Waals surface area contributed by atoms with E-state index >= 15 is 0 Å². The van der Waals surface area contributed by atoms with Gasteiger partial charge in [0.15, 0.2) is 0 Å². The van der Waals surface area contributed by atoms with Crippen molar-refractivity contribution in [2.24, 2.45) is 0 Å². The highest BCUT2D eigenvalue weighted by molar-refractivity contribution is 9.09. The predicted octanol–water partition coefficient (Wildman–Crippen LogP) is 5.53. The normalized spacial score (nSPS) is 12.4. The molecule has 1 unspecified atom stereocenters. The minimum Gasteiger partial charge on any atom is -0.205 e. The van der Waals surface area contributed by atoms with Crippen LogP contribution in [0.3, 0.4) is 0 Å². The molecule has 2 aromatic rings. The van der Waals surface area contributed by atoms with Gasteiger partial charge >= 0.3 is 0 Å². The molecule has 0 radical (unpaired) electrons. The molecule has 0 aliphatic carbocycles. The molecule has 0 nitrogen and oxygen atoms in total. The monoisotopic (exact) mass is 326 g/mol. The van der Waals surface area contributed by atoms with Crippen LogP contribution in [0.5, 0.6) is 0 Å². The largest absolute Gasteiger partial charge is 0.205 e. The van der Waals surface area contributed by atoms with Crippen LogP contribution < -0.4 is 0 Å². The number of hydrogen-bond acceptors (Lipinski definition) is 0. The van der Waals surface area contributed by atoms with Crippen LogP contribution in [-0.4, -0.2) is 0 Å². The fourth-order valence-corrected chi connectivity index (χ4v) is 2.49. The molecule has 0 heterocycles. The zero-order valence-corrected chi connectivity index (χ0v) is 12.3. The van der Waals surface area contributed by atoms with Crippen molar-refractivity contribution < 1.29 is 4.39 Å². The van der Waals surface area contributed by atoms with Crippen molar-refractivity contribution in [1.29, 1.82) is 0 Å². The van der Waals surface area contributed by atoms with Crippen LogP contribution in [0.25, 0.3) is 0 Å². The summed E-state index contributed by atoms with van der Waals surface area (Å²) in [5.41, 5.74) is 3.26. The highest BCUT2D eigenvalue weighted by atomic mass is 79.9. The molecular formula is C15H13BrClF. The number of alkyl halides is 1. The lowest BCUT2D eigenvalue weighted by Gasteiger charge is -2.12. The Hall–Kier alpha value is -0.860. The minimum atomic E-state index is -0.385. The lowest BCUT2D eigenvalue weighted by molar-refractivity contribution is 0.626. The molecular weight excluding hydrogens is 315 g/mol. The predicted molar refractivity (Wildman–Crippen MR) is 78.0 cm³/mol. The van der Waals surface area contributed by atoms with Gasteiger partial charge in [0.05, 0.1) is 9.85 Å². The summed E-state index contributed by atoms with van der Waals surface area (Å²) in [7, 11) is 0. The molecule has 0 saturated heterocycles. The van der Waals surface area contributed by atoms with Crippen LogP contribution in [0, 0.1) is 5.82 Å². The molecule has 0 N–H and O–H groups in total. The summed E-state index contributed by atoms with van der Waals surface area (Å²) in [5, 5.41) is 0.153. The van der Waals surface area contributed by atoms with Crippen molar-refractivity contribution >= 4 is 27.5 Å². The second-order valence-corrected chi connectivity index (χ2v) is 5.45. The maximum absolute atomic E-state index is 13.4. The Bertz CT molecular complexity index is 537. The van der Waals surface area contributed by atoms with Gasteiger partial charge in [-0.2, -0.15) is 0 Å². The summed E-state index contributed by atoms with van der Waals surface area (Å²) in [6.07, 6.45) is 1.02. The van der Waals surface area contributed by atoms with Crippen LogP contribution in [0.4, 0.5) is 4.39 Å². The van der Waals surface area contributed by atoms with Gasteiger partial charge in [-0.25, -0.2) is 4.39 Å². The van der Waals surface area contributed by atoms with E-state index in [2.05, 4.69) is 47.1 Å². The molecule has 0 aliphatic rings. The topological polar surface area (TPSA) is 0 Å². The quantitative estimate of drug-likeness (QED) is 0.651. The third-order valence-corrected chi connectivity index (χ3v) is 4.28. The van der Waals surface area contributed by atoms with Crippen LogP contribution in [-0.2, 0) is 6.42 Å². The molecule has 0 amide bonds. The second-order valence-electron chi connectivity index (χ2n) is 4.13. The molecule has 2 rings (SSSR count). The molecule has 0 saturated carbocycles. The van der Waals surface area contributed by atoms with Gasteiger partial charge in [0.1, 0.15) is 5.82 Å². The van der Waals surface area contributed by atoms with Gasteiger partial charge in [-0.3, -0.25) is 0 Å². The van der Waals surface area contributed by atoms with Crippen molar-refractivity contribution in [1.82, 2.24) is 0 Å². The SMILES string of the molecule is CCc1ccc(C(Br)c2ccc(Cl)c(F)c2)cc1. The molecule has 0 fully saturated rings. The van der Waals surface area contributed by atoms with E-state index in [1.165, 1.54) is 11.6 Å². The Morgan fingerprint density at radius 2 is 1.72 bits per heavy atom. The first-order valence-electron chi connectivity index (χ1n) is 5.79. The summed E-state index contributed by atoms with van der Waals surface area (Å²) >= 11 is 9.27. The average Bonchev–Trinajstić information content (AvgIpc) is 2.41. The van der Waals surface area contributed by atoms with E-state index in [0.29, 0.717) is 0 Å². The number of aryl methyl sites for hydroxylation is 1. The molecule has 18 heavy (non-hydrogen) atoms. The van der Waals surface area contributed by atoms with Gasteiger partial charge in [0.2, 0.25) is 0 Å². The highest BCUT2D eigenvalue weighted by Gasteiger charge is 2.12. The number of benzene rings is 2. The number of rotatable bonds is 3. The highest BCUT2D eigenvalue weighted by Crippen LogP contribution is 2.32. The molecule has 0 aromatic heterocycles. The van der Waals surface area contributed by atoms with E-state index in [0.717, 1.165) is 17.5 Å². The van der Waals surface area contributed by atoms with Crippen LogP contribution in [0.1, 0.15) is 28.4 Å². The number of hydrogen-bond donors (Lipinski definition) is 0. The van der Waals surface area contributed by atoms with Gasteiger partial charge in [-0.1, -0.05) is 64.8 Å². The summed E-state index contributed by atoms with van der Waals surface area (Å²) in [5.74, 6) is -0.385. The van der Waals surface area contributed by atoms with Gasteiger partial charge in [-0.05, 0) is 35.2 Å². The Kier molecular flexibility index (Phi) is 4.41. The lowest BCUT2D eigenvalue weighted by Crippen LogP contribution is -1.94. The number of halogens is 3. The van der Waals surface area contributed by atoms with Gasteiger partial charge in [0, 0.05) is 0 Å². The summed E-state index contributed by atoms with van der Waals surface area (Å²) in [6.45, 7) is 2.12. The smallest absolute Gasteiger partial charge is 0.142 e. The lowest BCUT2D eigenvalue weighted by atomic mass is 10.0. The summed E-state index contributed by atoms with van der Waals surface area (Å²) < 4.78 is 13.4. The van der Waals surface area contributed by atoms with Gasteiger partial charge < -0.3 is 0 Å². The standard InChI is InChI=1S/C15H13BrClF/c1-2-10-3-5-11(6-4-10)15(16)12-7-8-13(17)14(18)9-12/h3-9,15H,2H2,1H3. The zero-order valence-electron chi connectivity index (χ0n) is 9.96. The molecule has 3 heteroatoms. The Morgan fingerprint density at radius 1 is 1.11 bits per heavy atom. The van der Waals surface area contributed by atoms with Crippen LogP contribution in [0.2, 0.25) is 5.02 Å². The third kappa shape index (κ3) is 2.93. The van der Waals surface area contributed by atoms with Gasteiger partial charge in [0.25, 0.3) is 0 Å². The van der Waals surface area contributed by atoms with Crippen molar-refractivity contribution in [3.63, 3.8) is 0 Å². The fourth-order valence-electron chi connectivity index (χ4n) is 1.78. The Balaban J connectivity index is 2.28. The van der Waals surface area contributed by atoms with E-state index in [1.54, 1.807) is 6.07 Å². The van der Waals surface area contributed by atoms with E-state index in [-0.39, 0.29) is 15.7 Å². The minimum absolute atomic E-state index is 0.0184. The molecule has 1 atom stereocenters. The molecule has 0 spiro atoms. The first-order chi connectivity index (χ1) is 8.61. The first-order valence-corrected chi connectivity index (χ1v) is 7.09. The van der Waals surface area contributed by atoms with Crippen LogP contribution in [0.15, 0.2) is 42.5 Å². The summed E-state index contributed by atoms with van der Waals surface area (Å²) in [6, 6.07) is 13.2. The van der Waals surface area contributed by atoms with Crippen molar-refractivity contribution in [2.45, 2.75) is 18.2 Å².